The van der Waals surface area contributed by atoms with E-state index in [1.807, 2.05) is 6.92 Å². The Kier molecular flexibility index (Phi) is 6.17. The van der Waals surface area contributed by atoms with Crippen molar-refractivity contribution < 1.29 is 18.3 Å². The first kappa shape index (κ1) is 24.6. The van der Waals surface area contributed by atoms with Crippen molar-refractivity contribution in [1.82, 2.24) is 0 Å². The molecular formula is C28H45F3O. The third-order valence-electron chi connectivity index (χ3n) is 11.1. The second kappa shape index (κ2) is 8.02. The van der Waals surface area contributed by atoms with Gasteiger partial charge in [-0.15, -0.1) is 0 Å². The van der Waals surface area contributed by atoms with Crippen LogP contribution in [0.1, 0.15) is 99.3 Å². The van der Waals surface area contributed by atoms with Crippen molar-refractivity contribution in [2.75, 3.05) is 0 Å². The molecule has 32 heavy (non-hydrogen) atoms. The molecule has 10 atom stereocenters. The van der Waals surface area contributed by atoms with Crippen LogP contribution in [0.3, 0.4) is 0 Å². The molecule has 4 aliphatic carbocycles. The topological polar surface area (TPSA) is 20.2 Å². The van der Waals surface area contributed by atoms with Gasteiger partial charge >= 0.3 is 6.18 Å². The van der Waals surface area contributed by atoms with E-state index in [4.69, 9.17) is 0 Å². The number of hydrogen-bond donors (Lipinski definition) is 1. The molecule has 1 nitrogen and oxygen atoms in total. The Labute approximate surface area is 193 Å². The highest BCUT2D eigenvalue weighted by atomic mass is 19.4. The fourth-order valence-electron chi connectivity index (χ4n) is 9.02. The monoisotopic (exact) mass is 454 g/mol. The molecule has 0 aromatic carbocycles. The SMILES string of the molecule is C[C@@H]1C=C2C[C@@](C)(O)CC[C@]2(C)C2CC[C@@]3(C)C(CC[C@@H]3[C@H](C)CC[C@@H](C)C(F)(F)F)[C@@H]21. The second-order valence-corrected chi connectivity index (χ2v) is 13.2. The molecule has 184 valence electrons. The van der Waals surface area contributed by atoms with Crippen molar-refractivity contribution in [1.29, 1.82) is 0 Å². The minimum absolute atomic E-state index is 0.215. The molecule has 4 aliphatic rings. The number of fused-ring (bicyclic) bond motifs is 5. The first-order valence-corrected chi connectivity index (χ1v) is 13.2. The summed E-state index contributed by atoms with van der Waals surface area (Å²) in [4.78, 5) is 0. The molecule has 0 aromatic heterocycles. The van der Waals surface area contributed by atoms with Gasteiger partial charge in [0.15, 0.2) is 0 Å². The Hall–Kier alpha value is -0.510. The molecule has 4 rings (SSSR count). The molecule has 0 aromatic rings. The van der Waals surface area contributed by atoms with Crippen molar-refractivity contribution in [2.24, 2.45) is 52.3 Å². The minimum Gasteiger partial charge on any atom is -0.390 e. The molecule has 1 N–H and O–H groups in total. The number of allylic oxidation sites excluding steroid dienone is 1. The van der Waals surface area contributed by atoms with Gasteiger partial charge in [-0.3, -0.25) is 0 Å². The lowest BCUT2D eigenvalue weighted by Gasteiger charge is -2.60. The molecule has 0 radical (unpaired) electrons. The highest BCUT2D eigenvalue weighted by molar-refractivity contribution is 5.28. The molecule has 0 aliphatic heterocycles. The van der Waals surface area contributed by atoms with Gasteiger partial charge in [0.25, 0.3) is 0 Å². The zero-order valence-corrected chi connectivity index (χ0v) is 21.1. The molecule has 4 heteroatoms. The van der Waals surface area contributed by atoms with E-state index < -0.39 is 17.7 Å². The highest BCUT2D eigenvalue weighted by Crippen LogP contribution is 2.68. The van der Waals surface area contributed by atoms with Gasteiger partial charge in [0.2, 0.25) is 0 Å². The number of hydrogen-bond acceptors (Lipinski definition) is 1. The average Bonchev–Trinajstić information content (AvgIpc) is 3.03. The molecule has 0 heterocycles. The maximum Gasteiger partial charge on any atom is 0.391 e. The van der Waals surface area contributed by atoms with Crippen LogP contribution in [-0.4, -0.2) is 16.9 Å². The van der Waals surface area contributed by atoms with E-state index in [2.05, 4.69) is 33.8 Å². The molecule has 2 unspecified atom stereocenters. The van der Waals surface area contributed by atoms with Crippen molar-refractivity contribution in [3.05, 3.63) is 11.6 Å². The molecule has 0 bridgehead atoms. The quantitative estimate of drug-likeness (QED) is 0.425. The number of aliphatic hydroxyl groups is 1. The first-order valence-electron chi connectivity index (χ1n) is 13.2. The lowest BCUT2D eigenvalue weighted by atomic mass is 9.44. The van der Waals surface area contributed by atoms with Crippen LogP contribution in [0.5, 0.6) is 0 Å². The third-order valence-corrected chi connectivity index (χ3v) is 11.1. The first-order chi connectivity index (χ1) is 14.7. The van der Waals surface area contributed by atoms with Crippen molar-refractivity contribution in [3.63, 3.8) is 0 Å². The molecule has 3 saturated carbocycles. The van der Waals surface area contributed by atoms with Crippen LogP contribution in [0.25, 0.3) is 0 Å². The molecule has 0 spiro atoms. The van der Waals surface area contributed by atoms with Crippen LogP contribution in [0.2, 0.25) is 0 Å². The van der Waals surface area contributed by atoms with Crippen LogP contribution in [-0.2, 0) is 0 Å². The van der Waals surface area contributed by atoms with Crippen LogP contribution in [0, 0.1) is 52.3 Å². The Morgan fingerprint density at radius 1 is 1.00 bits per heavy atom. The third kappa shape index (κ3) is 3.99. The number of rotatable bonds is 4. The molecule has 3 fully saturated rings. The predicted molar refractivity (Wildman–Crippen MR) is 124 cm³/mol. The number of halogens is 3. The van der Waals surface area contributed by atoms with E-state index in [9.17, 15) is 18.3 Å². The zero-order chi connectivity index (χ0) is 23.7. The zero-order valence-electron chi connectivity index (χ0n) is 21.1. The Balaban J connectivity index is 1.53. The van der Waals surface area contributed by atoms with E-state index in [0.29, 0.717) is 41.9 Å². The summed E-state index contributed by atoms with van der Waals surface area (Å²) in [6, 6.07) is 0. The Bertz CT molecular complexity index is 739. The Morgan fingerprint density at radius 2 is 1.69 bits per heavy atom. The molecule has 0 amide bonds. The van der Waals surface area contributed by atoms with Gasteiger partial charge in [-0.25, -0.2) is 0 Å². The summed E-state index contributed by atoms with van der Waals surface area (Å²) in [5.74, 6) is 2.28. The largest absolute Gasteiger partial charge is 0.391 e. The van der Waals surface area contributed by atoms with Gasteiger partial charge in [0, 0.05) is 0 Å². The van der Waals surface area contributed by atoms with Crippen molar-refractivity contribution in [2.45, 2.75) is 111 Å². The van der Waals surface area contributed by atoms with Gasteiger partial charge in [0.05, 0.1) is 11.5 Å². The maximum atomic E-state index is 13.0. The molecular weight excluding hydrogens is 409 g/mol. The lowest BCUT2D eigenvalue weighted by Crippen LogP contribution is -2.54. The lowest BCUT2D eigenvalue weighted by molar-refractivity contribution is -0.172. The smallest absolute Gasteiger partial charge is 0.390 e. The predicted octanol–water partition coefficient (Wildman–Crippen LogP) is 8.18. The Morgan fingerprint density at radius 3 is 2.34 bits per heavy atom. The van der Waals surface area contributed by atoms with E-state index in [1.54, 1.807) is 0 Å². The van der Waals surface area contributed by atoms with E-state index >= 15 is 0 Å². The summed E-state index contributed by atoms with van der Waals surface area (Å²) in [5, 5.41) is 10.7. The van der Waals surface area contributed by atoms with Crippen molar-refractivity contribution >= 4 is 0 Å². The van der Waals surface area contributed by atoms with Crippen molar-refractivity contribution in [3.8, 4) is 0 Å². The summed E-state index contributed by atoms with van der Waals surface area (Å²) < 4.78 is 39.1. The fourth-order valence-corrected chi connectivity index (χ4v) is 9.02. The summed E-state index contributed by atoms with van der Waals surface area (Å²) >= 11 is 0. The van der Waals surface area contributed by atoms with Gasteiger partial charge < -0.3 is 5.11 Å². The summed E-state index contributed by atoms with van der Waals surface area (Å²) in [5.41, 5.74) is 1.41. The van der Waals surface area contributed by atoms with Crippen LogP contribution >= 0.6 is 0 Å². The standard InChI is InChI=1S/C28H45F3O/c1-17(7-8-19(3)28(29,30)31)21-9-10-22-24-18(2)15-20-16-25(4,32)13-14-26(20,5)23(24)11-12-27(21,22)6/h15,17-19,21-24,32H,7-14,16H2,1-6H3/t17-,18-,19-,21-,22?,23?,24+,25+,26+,27-/m1/s1. The molecule has 0 saturated heterocycles. The van der Waals surface area contributed by atoms with E-state index in [1.165, 1.54) is 38.2 Å². The summed E-state index contributed by atoms with van der Waals surface area (Å²) in [6.45, 7) is 12.9. The van der Waals surface area contributed by atoms with Gasteiger partial charge in [-0.05, 0) is 111 Å². The van der Waals surface area contributed by atoms with Crippen LogP contribution in [0.15, 0.2) is 11.6 Å². The normalized spacial score (nSPS) is 48.3. The average molecular weight is 455 g/mol. The number of alkyl halides is 3. The van der Waals surface area contributed by atoms with Crippen LogP contribution < -0.4 is 0 Å². The van der Waals surface area contributed by atoms with Gasteiger partial charge in [0.1, 0.15) is 0 Å². The summed E-state index contributed by atoms with van der Waals surface area (Å²) in [7, 11) is 0. The second-order valence-electron chi connectivity index (χ2n) is 13.2. The van der Waals surface area contributed by atoms with E-state index in [0.717, 1.165) is 19.3 Å². The van der Waals surface area contributed by atoms with E-state index in [-0.39, 0.29) is 17.3 Å². The van der Waals surface area contributed by atoms with Gasteiger partial charge in [-0.1, -0.05) is 46.3 Å². The maximum absolute atomic E-state index is 13.0. The van der Waals surface area contributed by atoms with Gasteiger partial charge in [-0.2, -0.15) is 13.2 Å². The summed E-state index contributed by atoms with van der Waals surface area (Å²) in [6.07, 6.45) is 7.05. The highest BCUT2D eigenvalue weighted by Gasteiger charge is 2.61. The van der Waals surface area contributed by atoms with Crippen LogP contribution in [0.4, 0.5) is 13.2 Å². The minimum atomic E-state index is -4.07. The fraction of sp³-hybridized carbons (Fsp3) is 0.929.